The van der Waals surface area contributed by atoms with Crippen molar-refractivity contribution in [3.05, 3.63) is 78.5 Å². The third-order valence-electron chi connectivity index (χ3n) is 3.57. The van der Waals surface area contributed by atoms with E-state index in [2.05, 4.69) is 5.32 Å². The van der Waals surface area contributed by atoms with Crippen molar-refractivity contribution in [3.8, 4) is 0 Å². The van der Waals surface area contributed by atoms with Gasteiger partial charge in [0.25, 0.3) is 5.91 Å². The molecule has 1 heterocycles. The van der Waals surface area contributed by atoms with Gasteiger partial charge in [0.1, 0.15) is 0 Å². The highest BCUT2D eigenvalue weighted by atomic mass is 35.5. The molecule has 122 valence electrons. The highest BCUT2D eigenvalue weighted by molar-refractivity contribution is 6.15. The van der Waals surface area contributed by atoms with E-state index in [4.69, 9.17) is 17.5 Å². The lowest BCUT2D eigenvalue weighted by Gasteiger charge is -2.28. The number of anilines is 3. The normalized spacial score (nSPS) is 14.5. The molecule has 0 radical (unpaired) electrons. The molecule has 3 N–H and O–H groups in total. The lowest BCUT2D eigenvalue weighted by Crippen LogP contribution is -2.32. The van der Waals surface area contributed by atoms with Crippen LogP contribution in [0.25, 0.3) is 0 Å². The summed E-state index contributed by atoms with van der Waals surface area (Å²) in [4.78, 5) is 12.7. The summed E-state index contributed by atoms with van der Waals surface area (Å²) in [5.41, 5.74) is 8.17. The summed E-state index contributed by atoms with van der Waals surface area (Å²) in [6.07, 6.45) is 7.51. The van der Waals surface area contributed by atoms with Crippen LogP contribution in [0.3, 0.4) is 0 Å². The fraction of sp³-hybridized carbons (Fsp3) is 0.0556. The standard InChI is InChI=1S/C18H17ClN4O/c19-23-13-7-1-6-12-22(23)17-11-5-2-8-14(17)18(24)21-16-10-4-3-9-15(16)20/h1-12H,13,20H2,(H,21,24). The average Bonchev–Trinajstić information content (AvgIpc) is 2.81. The minimum absolute atomic E-state index is 0.251. The molecule has 0 saturated carbocycles. The van der Waals surface area contributed by atoms with Crippen molar-refractivity contribution in [3.63, 3.8) is 0 Å². The number of hydrogen-bond acceptors (Lipinski definition) is 4. The van der Waals surface area contributed by atoms with Crippen molar-refractivity contribution in [2.24, 2.45) is 0 Å². The number of para-hydroxylation sites is 3. The Hall–Kier alpha value is -2.76. The van der Waals surface area contributed by atoms with Gasteiger partial charge >= 0.3 is 0 Å². The summed E-state index contributed by atoms with van der Waals surface area (Å²) in [5, 5.41) is 4.57. The number of hydrazine groups is 1. The summed E-state index contributed by atoms with van der Waals surface area (Å²) in [5.74, 6) is -0.251. The lowest BCUT2D eigenvalue weighted by molar-refractivity contribution is 0.102. The van der Waals surface area contributed by atoms with Crippen molar-refractivity contribution < 1.29 is 4.79 Å². The molecule has 5 nitrogen and oxygen atoms in total. The van der Waals surface area contributed by atoms with Crippen molar-refractivity contribution >= 4 is 34.7 Å². The van der Waals surface area contributed by atoms with Gasteiger partial charge in [0, 0.05) is 18.0 Å². The Morgan fingerprint density at radius 2 is 1.83 bits per heavy atom. The van der Waals surface area contributed by atoms with Crippen LogP contribution in [0.5, 0.6) is 0 Å². The molecule has 0 aromatic heterocycles. The minimum Gasteiger partial charge on any atom is -0.397 e. The largest absolute Gasteiger partial charge is 0.397 e. The topological polar surface area (TPSA) is 61.6 Å². The van der Waals surface area contributed by atoms with Gasteiger partial charge in [0.2, 0.25) is 0 Å². The maximum atomic E-state index is 12.7. The molecule has 1 amide bonds. The molecule has 1 aliphatic rings. The first-order chi connectivity index (χ1) is 11.7. The van der Waals surface area contributed by atoms with Crippen molar-refractivity contribution in [2.45, 2.75) is 0 Å². The zero-order chi connectivity index (χ0) is 16.9. The van der Waals surface area contributed by atoms with E-state index in [-0.39, 0.29) is 5.91 Å². The summed E-state index contributed by atoms with van der Waals surface area (Å²) >= 11 is 6.29. The number of carbonyl (C=O) groups excluding carboxylic acids is 1. The first kappa shape index (κ1) is 16.1. The molecular weight excluding hydrogens is 324 g/mol. The van der Waals surface area contributed by atoms with Gasteiger partial charge in [-0.15, -0.1) is 4.53 Å². The molecule has 6 heteroatoms. The number of nitrogens with zero attached hydrogens (tertiary/aromatic N) is 2. The second-order valence-electron chi connectivity index (χ2n) is 5.19. The highest BCUT2D eigenvalue weighted by Crippen LogP contribution is 2.26. The van der Waals surface area contributed by atoms with Crippen LogP contribution in [0, 0.1) is 0 Å². The molecule has 0 spiro atoms. The van der Waals surface area contributed by atoms with Crippen LogP contribution >= 0.6 is 11.8 Å². The zero-order valence-corrected chi connectivity index (χ0v) is 13.6. The molecule has 2 aromatic carbocycles. The van der Waals surface area contributed by atoms with Crippen LogP contribution in [0.4, 0.5) is 17.1 Å². The van der Waals surface area contributed by atoms with E-state index in [1.807, 2.05) is 48.6 Å². The van der Waals surface area contributed by atoms with Crippen LogP contribution < -0.4 is 16.1 Å². The molecule has 0 atom stereocenters. The third-order valence-corrected chi connectivity index (χ3v) is 3.87. The molecule has 0 saturated heterocycles. The van der Waals surface area contributed by atoms with Crippen molar-refractivity contribution in [2.75, 3.05) is 22.6 Å². The van der Waals surface area contributed by atoms with E-state index >= 15 is 0 Å². The highest BCUT2D eigenvalue weighted by Gasteiger charge is 2.19. The van der Waals surface area contributed by atoms with E-state index in [1.54, 1.807) is 29.4 Å². The number of nitrogens with two attached hydrogens (primary N) is 1. The Kier molecular flexibility index (Phi) is 4.84. The number of hydrogen-bond donors (Lipinski definition) is 2. The predicted octanol–water partition coefficient (Wildman–Crippen LogP) is 3.78. The number of benzene rings is 2. The van der Waals surface area contributed by atoms with Gasteiger partial charge in [0.05, 0.1) is 29.2 Å². The van der Waals surface area contributed by atoms with Gasteiger partial charge < -0.3 is 11.1 Å². The zero-order valence-electron chi connectivity index (χ0n) is 12.9. The third kappa shape index (κ3) is 3.42. The van der Waals surface area contributed by atoms with Gasteiger partial charge in [-0.05, 0) is 30.3 Å². The van der Waals surface area contributed by atoms with Gasteiger partial charge in [-0.2, -0.15) is 0 Å². The summed E-state index contributed by atoms with van der Waals surface area (Å²) in [6.45, 7) is 0.524. The molecule has 0 bridgehead atoms. The number of rotatable bonds is 3. The second kappa shape index (κ2) is 7.21. The number of allylic oxidation sites excluding steroid dienone is 2. The van der Waals surface area contributed by atoms with E-state index in [0.29, 0.717) is 29.2 Å². The molecule has 24 heavy (non-hydrogen) atoms. The molecular formula is C18H17ClN4O. The molecule has 0 aliphatic carbocycles. The van der Waals surface area contributed by atoms with Crippen LogP contribution in [0.15, 0.2) is 73.0 Å². The number of halogens is 1. The van der Waals surface area contributed by atoms with E-state index in [1.165, 1.54) is 4.53 Å². The van der Waals surface area contributed by atoms with E-state index in [0.717, 1.165) is 0 Å². The van der Waals surface area contributed by atoms with E-state index < -0.39 is 0 Å². The maximum Gasteiger partial charge on any atom is 0.257 e. The number of nitrogens with one attached hydrogen (secondary N) is 1. The van der Waals surface area contributed by atoms with Crippen LogP contribution in [-0.4, -0.2) is 17.0 Å². The summed E-state index contributed by atoms with van der Waals surface area (Å²) in [7, 11) is 0. The SMILES string of the molecule is Nc1ccccc1NC(=O)c1ccccc1N1C=CC=CCN1Cl. The first-order valence-electron chi connectivity index (χ1n) is 7.47. The van der Waals surface area contributed by atoms with Gasteiger partial charge in [-0.1, -0.05) is 36.4 Å². The van der Waals surface area contributed by atoms with E-state index in [9.17, 15) is 4.79 Å². The van der Waals surface area contributed by atoms with Gasteiger partial charge in [-0.25, -0.2) is 0 Å². The molecule has 3 rings (SSSR count). The average molecular weight is 341 g/mol. The Balaban J connectivity index is 1.91. The number of amides is 1. The number of carbonyl (C=O) groups is 1. The minimum atomic E-state index is -0.251. The van der Waals surface area contributed by atoms with Crippen LogP contribution in [-0.2, 0) is 0 Å². The smallest absolute Gasteiger partial charge is 0.257 e. The molecule has 2 aromatic rings. The Labute approximate surface area is 145 Å². The molecule has 0 unspecified atom stereocenters. The monoisotopic (exact) mass is 340 g/mol. The number of nitrogen functional groups attached to an aromatic ring is 1. The van der Waals surface area contributed by atoms with Crippen molar-refractivity contribution in [1.82, 2.24) is 4.53 Å². The Morgan fingerprint density at radius 1 is 1.08 bits per heavy atom. The maximum absolute atomic E-state index is 12.7. The fourth-order valence-corrected chi connectivity index (χ4v) is 2.59. The van der Waals surface area contributed by atoms with Gasteiger partial charge in [0.15, 0.2) is 0 Å². The second-order valence-corrected chi connectivity index (χ2v) is 5.58. The summed E-state index contributed by atoms with van der Waals surface area (Å²) < 4.78 is 1.50. The quantitative estimate of drug-likeness (QED) is 0.659. The fourth-order valence-electron chi connectivity index (χ4n) is 2.38. The van der Waals surface area contributed by atoms with Gasteiger partial charge in [-0.3, -0.25) is 9.80 Å². The van der Waals surface area contributed by atoms with Crippen molar-refractivity contribution in [1.29, 1.82) is 0 Å². The predicted molar refractivity (Wildman–Crippen MR) is 98.6 cm³/mol. The lowest BCUT2D eigenvalue weighted by atomic mass is 10.1. The molecule has 1 aliphatic heterocycles. The Bertz CT molecular complexity index is 803. The van der Waals surface area contributed by atoms with Crippen LogP contribution in [0.2, 0.25) is 0 Å². The summed E-state index contributed by atoms with van der Waals surface area (Å²) in [6, 6.07) is 14.4. The Morgan fingerprint density at radius 3 is 2.67 bits per heavy atom. The molecule has 0 fully saturated rings. The first-order valence-corrected chi connectivity index (χ1v) is 7.81. The van der Waals surface area contributed by atoms with Crippen LogP contribution in [0.1, 0.15) is 10.4 Å².